The summed E-state index contributed by atoms with van der Waals surface area (Å²) >= 11 is 1.41. The molecule has 0 aliphatic heterocycles. The Morgan fingerprint density at radius 1 is 1.26 bits per heavy atom. The summed E-state index contributed by atoms with van der Waals surface area (Å²) in [5.41, 5.74) is 0. The first-order chi connectivity index (χ1) is 11.0. The summed E-state index contributed by atoms with van der Waals surface area (Å²) in [6, 6.07) is 7.27. The highest BCUT2D eigenvalue weighted by Crippen LogP contribution is 2.17. The molecule has 1 atom stereocenters. The van der Waals surface area contributed by atoms with E-state index in [0.29, 0.717) is 11.4 Å². The Morgan fingerprint density at radius 2 is 2.04 bits per heavy atom. The summed E-state index contributed by atoms with van der Waals surface area (Å²) in [6.07, 6.45) is 1.61. The molecule has 0 bridgehead atoms. The van der Waals surface area contributed by atoms with E-state index < -0.39 is 0 Å². The minimum absolute atomic E-state index is 0.0475. The number of furan rings is 1. The van der Waals surface area contributed by atoms with Crippen LogP contribution in [0.15, 0.2) is 34.9 Å². The van der Waals surface area contributed by atoms with Gasteiger partial charge in [0.05, 0.1) is 23.7 Å². The molecule has 2 rings (SSSR count). The Morgan fingerprint density at radius 3 is 2.61 bits per heavy atom. The lowest BCUT2D eigenvalue weighted by Gasteiger charge is -2.22. The van der Waals surface area contributed by atoms with Crippen LogP contribution in [0.5, 0.6) is 0 Å². The van der Waals surface area contributed by atoms with E-state index in [2.05, 4.69) is 10.6 Å². The van der Waals surface area contributed by atoms with Crippen LogP contribution in [0, 0.1) is 6.92 Å². The zero-order chi connectivity index (χ0) is 16.8. The molecule has 0 aromatic carbocycles. The topological polar surface area (TPSA) is 74.6 Å². The monoisotopic (exact) mass is 335 g/mol. The highest BCUT2D eigenvalue weighted by Gasteiger charge is 2.18. The van der Waals surface area contributed by atoms with Crippen molar-refractivity contribution >= 4 is 23.2 Å². The summed E-state index contributed by atoms with van der Waals surface area (Å²) in [5.74, 6) is 0.326. The third-order valence-corrected chi connectivity index (χ3v) is 4.36. The van der Waals surface area contributed by atoms with Crippen LogP contribution in [0.2, 0.25) is 0 Å². The summed E-state index contributed by atoms with van der Waals surface area (Å²) in [7, 11) is 3.83. The average molecular weight is 335 g/mol. The Balaban J connectivity index is 1.79. The smallest absolute Gasteiger partial charge is 0.261 e. The van der Waals surface area contributed by atoms with Crippen molar-refractivity contribution in [1.29, 1.82) is 0 Å². The van der Waals surface area contributed by atoms with Gasteiger partial charge in [-0.25, -0.2) is 0 Å². The lowest BCUT2D eigenvalue weighted by atomic mass is 10.2. The maximum Gasteiger partial charge on any atom is 0.261 e. The van der Waals surface area contributed by atoms with E-state index in [4.69, 9.17) is 4.42 Å². The molecule has 2 aromatic heterocycles. The predicted octanol–water partition coefficient (Wildman–Crippen LogP) is 1.80. The fourth-order valence-electron chi connectivity index (χ4n) is 2.10. The molecule has 0 spiro atoms. The van der Waals surface area contributed by atoms with Crippen LogP contribution >= 0.6 is 11.3 Å². The standard InChI is InChI=1S/C16H21N3O3S/c1-11-6-7-14(23-11)16(21)18-10-15(20)17-9-12(19(2)3)13-5-4-8-22-13/h4-8,12H,9-10H2,1-3H3,(H,17,20)(H,18,21). The molecule has 0 fully saturated rings. The lowest BCUT2D eigenvalue weighted by molar-refractivity contribution is -0.120. The van der Waals surface area contributed by atoms with Gasteiger partial charge in [-0.2, -0.15) is 0 Å². The molecule has 7 heteroatoms. The minimum atomic E-state index is -0.231. The van der Waals surface area contributed by atoms with E-state index in [1.54, 1.807) is 12.3 Å². The third-order valence-electron chi connectivity index (χ3n) is 3.36. The van der Waals surface area contributed by atoms with Crippen LogP contribution in [-0.4, -0.2) is 43.9 Å². The average Bonchev–Trinajstić information content (AvgIpc) is 3.16. The summed E-state index contributed by atoms with van der Waals surface area (Å²) < 4.78 is 5.39. The second kappa shape index (κ2) is 7.94. The molecule has 2 amide bonds. The second-order valence-electron chi connectivity index (χ2n) is 5.39. The third kappa shape index (κ3) is 4.94. The second-order valence-corrected chi connectivity index (χ2v) is 6.68. The Kier molecular flexibility index (Phi) is 5.95. The van der Waals surface area contributed by atoms with Crippen LogP contribution in [0.1, 0.15) is 26.4 Å². The van der Waals surface area contributed by atoms with Gasteiger partial charge in [0.2, 0.25) is 5.91 Å². The van der Waals surface area contributed by atoms with Gasteiger partial charge < -0.3 is 15.1 Å². The van der Waals surface area contributed by atoms with Gasteiger partial charge >= 0.3 is 0 Å². The molecular formula is C16H21N3O3S. The van der Waals surface area contributed by atoms with Gasteiger partial charge in [-0.05, 0) is 45.3 Å². The number of thiophene rings is 1. The number of amides is 2. The number of rotatable bonds is 7. The summed E-state index contributed by atoms with van der Waals surface area (Å²) in [5, 5.41) is 5.43. The van der Waals surface area contributed by atoms with E-state index in [-0.39, 0.29) is 24.4 Å². The Bertz CT molecular complexity index is 649. The number of hydrogen-bond acceptors (Lipinski definition) is 5. The maximum atomic E-state index is 11.9. The highest BCUT2D eigenvalue weighted by atomic mass is 32.1. The molecule has 2 heterocycles. The first kappa shape index (κ1) is 17.2. The first-order valence-electron chi connectivity index (χ1n) is 7.28. The lowest BCUT2D eigenvalue weighted by Crippen LogP contribution is -2.40. The number of nitrogens with zero attached hydrogens (tertiary/aromatic N) is 1. The van der Waals surface area contributed by atoms with Crippen molar-refractivity contribution < 1.29 is 14.0 Å². The van der Waals surface area contributed by atoms with Crippen LogP contribution in [0.3, 0.4) is 0 Å². The van der Waals surface area contributed by atoms with Crippen molar-refractivity contribution in [2.24, 2.45) is 0 Å². The quantitative estimate of drug-likeness (QED) is 0.809. The van der Waals surface area contributed by atoms with E-state index in [1.165, 1.54) is 11.3 Å². The molecule has 0 saturated heterocycles. The van der Waals surface area contributed by atoms with Crippen molar-refractivity contribution in [1.82, 2.24) is 15.5 Å². The van der Waals surface area contributed by atoms with Gasteiger partial charge in [0.1, 0.15) is 5.76 Å². The molecule has 0 aliphatic carbocycles. The van der Waals surface area contributed by atoms with Gasteiger partial charge in [-0.1, -0.05) is 0 Å². The normalized spacial score (nSPS) is 12.2. The van der Waals surface area contributed by atoms with Gasteiger partial charge in [0, 0.05) is 11.4 Å². The Hall–Kier alpha value is -2.12. The minimum Gasteiger partial charge on any atom is -0.468 e. The van der Waals surface area contributed by atoms with Crippen molar-refractivity contribution in [3.63, 3.8) is 0 Å². The first-order valence-corrected chi connectivity index (χ1v) is 8.10. The predicted molar refractivity (Wildman–Crippen MR) is 89.5 cm³/mol. The number of nitrogens with one attached hydrogen (secondary N) is 2. The fraction of sp³-hybridized carbons (Fsp3) is 0.375. The molecule has 2 N–H and O–H groups in total. The van der Waals surface area contributed by atoms with Gasteiger partial charge in [0.25, 0.3) is 5.91 Å². The van der Waals surface area contributed by atoms with E-state index >= 15 is 0 Å². The van der Waals surface area contributed by atoms with Crippen LogP contribution in [0.25, 0.3) is 0 Å². The Labute approximate surface area is 139 Å². The summed E-state index contributed by atoms with van der Waals surface area (Å²) in [6.45, 7) is 2.30. The van der Waals surface area contributed by atoms with E-state index in [1.807, 2.05) is 44.1 Å². The van der Waals surface area contributed by atoms with E-state index in [9.17, 15) is 9.59 Å². The zero-order valence-electron chi connectivity index (χ0n) is 13.5. The molecule has 0 saturated carbocycles. The van der Waals surface area contributed by atoms with Crippen molar-refractivity contribution in [2.75, 3.05) is 27.2 Å². The molecular weight excluding hydrogens is 314 g/mol. The number of aryl methyl sites for hydroxylation is 1. The van der Waals surface area contributed by atoms with Crippen LogP contribution in [-0.2, 0) is 4.79 Å². The molecule has 23 heavy (non-hydrogen) atoms. The SMILES string of the molecule is Cc1ccc(C(=O)NCC(=O)NCC(c2ccco2)N(C)C)s1. The van der Waals surface area contributed by atoms with Crippen LogP contribution in [0.4, 0.5) is 0 Å². The van der Waals surface area contributed by atoms with Crippen molar-refractivity contribution in [2.45, 2.75) is 13.0 Å². The van der Waals surface area contributed by atoms with Crippen LogP contribution < -0.4 is 10.6 Å². The number of likely N-dealkylation sites (N-methyl/N-ethyl adjacent to an activating group) is 1. The number of hydrogen-bond donors (Lipinski definition) is 2. The van der Waals surface area contributed by atoms with Gasteiger partial charge in [-0.3, -0.25) is 14.5 Å². The van der Waals surface area contributed by atoms with Gasteiger partial charge in [0.15, 0.2) is 0 Å². The van der Waals surface area contributed by atoms with Crippen molar-refractivity contribution in [3.8, 4) is 0 Å². The molecule has 124 valence electrons. The van der Waals surface area contributed by atoms with E-state index in [0.717, 1.165) is 10.6 Å². The molecule has 1 unspecified atom stereocenters. The fourth-order valence-corrected chi connectivity index (χ4v) is 2.88. The molecule has 0 aliphatic rings. The largest absolute Gasteiger partial charge is 0.468 e. The summed E-state index contributed by atoms with van der Waals surface area (Å²) in [4.78, 5) is 27.4. The van der Waals surface area contributed by atoms with Gasteiger partial charge in [-0.15, -0.1) is 11.3 Å². The van der Waals surface area contributed by atoms with Crippen molar-refractivity contribution in [3.05, 3.63) is 46.0 Å². The maximum absolute atomic E-state index is 11.9. The zero-order valence-corrected chi connectivity index (χ0v) is 14.3. The molecule has 2 aromatic rings. The number of carbonyl (C=O) groups is 2. The molecule has 0 radical (unpaired) electrons. The molecule has 6 nitrogen and oxygen atoms in total. The number of carbonyl (C=O) groups excluding carboxylic acids is 2. The highest BCUT2D eigenvalue weighted by molar-refractivity contribution is 7.13.